The lowest BCUT2D eigenvalue weighted by Crippen LogP contribution is -2.39. The zero-order valence-corrected chi connectivity index (χ0v) is 13.5. The summed E-state index contributed by atoms with van der Waals surface area (Å²) in [5.41, 5.74) is 1.45. The molecule has 3 heterocycles. The van der Waals surface area contributed by atoms with Gasteiger partial charge < -0.3 is 9.64 Å². The Kier molecular flexibility index (Phi) is 4.55. The minimum Gasteiger partial charge on any atom is -0.477 e. The molecule has 0 radical (unpaired) electrons. The molecule has 0 spiro atoms. The van der Waals surface area contributed by atoms with Crippen LogP contribution < -0.4 is 4.74 Å². The molecule has 0 atom stereocenters. The molecule has 122 valence electrons. The minimum absolute atomic E-state index is 0.0435. The van der Waals surface area contributed by atoms with E-state index in [1.807, 2.05) is 24.0 Å². The number of nitrogens with zero attached hydrogens (tertiary/aromatic N) is 5. The van der Waals surface area contributed by atoms with Gasteiger partial charge in [-0.3, -0.25) is 9.48 Å². The highest BCUT2D eigenvalue weighted by Crippen LogP contribution is 2.21. The standard InChI is InChI=1S/C16H21N5O2/c1-12-4-3-7-17-15(12)23-11-13-5-8-21(9-6-13)16(22)14-10-20(2)19-18-14/h3-4,7,10,13H,5-6,8-9,11H2,1-2H3. The van der Waals surface area contributed by atoms with Crippen LogP contribution in [0.15, 0.2) is 24.5 Å². The third-order valence-corrected chi connectivity index (χ3v) is 4.14. The first-order valence-electron chi connectivity index (χ1n) is 7.83. The number of rotatable bonds is 4. The van der Waals surface area contributed by atoms with Crippen molar-refractivity contribution in [2.45, 2.75) is 19.8 Å². The quantitative estimate of drug-likeness (QED) is 0.854. The largest absolute Gasteiger partial charge is 0.477 e. The summed E-state index contributed by atoms with van der Waals surface area (Å²) >= 11 is 0. The summed E-state index contributed by atoms with van der Waals surface area (Å²) in [5, 5.41) is 7.70. The molecule has 1 fully saturated rings. The molecular weight excluding hydrogens is 294 g/mol. The van der Waals surface area contributed by atoms with E-state index in [0.29, 0.717) is 24.1 Å². The summed E-state index contributed by atoms with van der Waals surface area (Å²) in [4.78, 5) is 18.4. The molecule has 0 N–H and O–H groups in total. The first kappa shape index (κ1) is 15.5. The van der Waals surface area contributed by atoms with Gasteiger partial charge in [0.25, 0.3) is 5.91 Å². The molecule has 3 rings (SSSR count). The van der Waals surface area contributed by atoms with Crippen LogP contribution >= 0.6 is 0 Å². The number of amides is 1. The zero-order chi connectivity index (χ0) is 16.2. The molecule has 0 aliphatic carbocycles. The summed E-state index contributed by atoms with van der Waals surface area (Å²) < 4.78 is 7.36. The van der Waals surface area contributed by atoms with Gasteiger partial charge >= 0.3 is 0 Å². The Hall–Kier alpha value is -2.44. The molecule has 0 aromatic carbocycles. The smallest absolute Gasteiger partial charge is 0.276 e. The van der Waals surface area contributed by atoms with Gasteiger partial charge in [0, 0.05) is 31.9 Å². The molecule has 0 saturated carbocycles. The van der Waals surface area contributed by atoms with E-state index in [9.17, 15) is 4.79 Å². The lowest BCUT2D eigenvalue weighted by molar-refractivity contribution is 0.0653. The van der Waals surface area contributed by atoms with Crippen molar-refractivity contribution in [2.24, 2.45) is 13.0 Å². The Labute approximate surface area is 135 Å². The van der Waals surface area contributed by atoms with Crippen LogP contribution in [0.1, 0.15) is 28.9 Å². The normalized spacial score (nSPS) is 15.7. The van der Waals surface area contributed by atoms with Crippen molar-refractivity contribution in [1.29, 1.82) is 0 Å². The van der Waals surface area contributed by atoms with Crippen molar-refractivity contribution in [3.8, 4) is 5.88 Å². The van der Waals surface area contributed by atoms with E-state index in [2.05, 4.69) is 15.3 Å². The predicted molar refractivity (Wildman–Crippen MR) is 84.1 cm³/mol. The van der Waals surface area contributed by atoms with E-state index in [-0.39, 0.29) is 5.91 Å². The second kappa shape index (κ2) is 6.76. The maximum absolute atomic E-state index is 12.3. The first-order chi connectivity index (χ1) is 11.1. The average Bonchev–Trinajstić information content (AvgIpc) is 3.00. The lowest BCUT2D eigenvalue weighted by atomic mass is 9.97. The predicted octanol–water partition coefficient (Wildman–Crippen LogP) is 1.45. The van der Waals surface area contributed by atoms with E-state index in [4.69, 9.17) is 4.74 Å². The van der Waals surface area contributed by atoms with Crippen molar-refractivity contribution in [1.82, 2.24) is 24.9 Å². The molecular formula is C16H21N5O2. The highest BCUT2D eigenvalue weighted by molar-refractivity contribution is 5.91. The van der Waals surface area contributed by atoms with E-state index < -0.39 is 0 Å². The van der Waals surface area contributed by atoms with Gasteiger partial charge in [-0.1, -0.05) is 11.3 Å². The Morgan fingerprint density at radius 1 is 1.39 bits per heavy atom. The highest BCUT2D eigenvalue weighted by Gasteiger charge is 2.25. The van der Waals surface area contributed by atoms with Crippen LogP contribution in [-0.4, -0.2) is 50.5 Å². The number of carbonyl (C=O) groups is 1. The third-order valence-electron chi connectivity index (χ3n) is 4.14. The third kappa shape index (κ3) is 3.67. The number of hydrogen-bond donors (Lipinski definition) is 0. The van der Waals surface area contributed by atoms with Gasteiger partial charge in [-0.2, -0.15) is 0 Å². The maximum Gasteiger partial charge on any atom is 0.276 e. The Morgan fingerprint density at radius 3 is 2.83 bits per heavy atom. The van der Waals surface area contributed by atoms with Gasteiger partial charge in [0.05, 0.1) is 12.8 Å². The molecule has 2 aromatic heterocycles. The molecule has 7 nitrogen and oxygen atoms in total. The summed E-state index contributed by atoms with van der Waals surface area (Å²) in [5.74, 6) is 1.10. The van der Waals surface area contributed by atoms with Gasteiger partial charge in [-0.15, -0.1) is 5.10 Å². The van der Waals surface area contributed by atoms with E-state index in [1.165, 1.54) is 0 Å². The number of pyridine rings is 1. The van der Waals surface area contributed by atoms with E-state index in [1.54, 1.807) is 24.1 Å². The topological polar surface area (TPSA) is 73.1 Å². The van der Waals surface area contributed by atoms with Crippen LogP contribution in [0.25, 0.3) is 0 Å². The van der Waals surface area contributed by atoms with Crippen molar-refractivity contribution in [2.75, 3.05) is 19.7 Å². The average molecular weight is 315 g/mol. The molecule has 0 bridgehead atoms. The fourth-order valence-electron chi connectivity index (χ4n) is 2.73. The first-order valence-corrected chi connectivity index (χ1v) is 7.83. The highest BCUT2D eigenvalue weighted by atomic mass is 16.5. The minimum atomic E-state index is -0.0435. The fourth-order valence-corrected chi connectivity index (χ4v) is 2.73. The number of piperidine rings is 1. The molecule has 7 heteroatoms. The van der Waals surface area contributed by atoms with Crippen molar-refractivity contribution in [3.05, 3.63) is 35.8 Å². The van der Waals surface area contributed by atoms with E-state index >= 15 is 0 Å². The van der Waals surface area contributed by atoms with E-state index in [0.717, 1.165) is 31.5 Å². The van der Waals surface area contributed by atoms with Gasteiger partial charge in [0.15, 0.2) is 5.69 Å². The van der Waals surface area contributed by atoms with Crippen LogP contribution in [-0.2, 0) is 7.05 Å². The molecule has 23 heavy (non-hydrogen) atoms. The second-order valence-electron chi connectivity index (χ2n) is 5.95. The van der Waals surface area contributed by atoms with Crippen molar-refractivity contribution < 1.29 is 9.53 Å². The lowest BCUT2D eigenvalue weighted by Gasteiger charge is -2.31. The molecule has 0 unspecified atom stereocenters. The van der Waals surface area contributed by atoms with Crippen LogP contribution in [0.4, 0.5) is 0 Å². The van der Waals surface area contributed by atoms with Gasteiger partial charge in [-0.05, 0) is 31.7 Å². The molecule has 1 saturated heterocycles. The van der Waals surface area contributed by atoms with Crippen LogP contribution in [0.5, 0.6) is 5.88 Å². The van der Waals surface area contributed by atoms with Gasteiger partial charge in [0.2, 0.25) is 5.88 Å². The summed E-state index contributed by atoms with van der Waals surface area (Å²) in [6, 6.07) is 3.89. The van der Waals surface area contributed by atoms with Crippen LogP contribution in [0, 0.1) is 12.8 Å². The Bertz CT molecular complexity index is 677. The summed E-state index contributed by atoms with van der Waals surface area (Å²) in [6.45, 7) is 4.09. The second-order valence-corrected chi connectivity index (χ2v) is 5.95. The Morgan fingerprint density at radius 2 is 2.17 bits per heavy atom. The summed E-state index contributed by atoms with van der Waals surface area (Å²) in [6.07, 6.45) is 5.25. The van der Waals surface area contributed by atoms with Gasteiger partial charge in [0.1, 0.15) is 0 Å². The van der Waals surface area contributed by atoms with Gasteiger partial charge in [-0.25, -0.2) is 4.98 Å². The SMILES string of the molecule is Cc1cccnc1OCC1CCN(C(=O)c2cn(C)nn2)CC1. The number of likely N-dealkylation sites (tertiary alicyclic amines) is 1. The Balaban J connectivity index is 1.49. The number of ether oxygens (including phenoxy) is 1. The molecule has 1 aliphatic rings. The molecule has 1 aliphatic heterocycles. The number of aryl methyl sites for hydroxylation is 2. The summed E-state index contributed by atoms with van der Waals surface area (Å²) in [7, 11) is 1.76. The monoisotopic (exact) mass is 315 g/mol. The molecule has 2 aromatic rings. The number of aromatic nitrogens is 4. The fraction of sp³-hybridized carbons (Fsp3) is 0.500. The van der Waals surface area contributed by atoms with Crippen molar-refractivity contribution >= 4 is 5.91 Å². The van der Waals surface area contributed by atoms with Crippen LogP contribution in [0.3, 0.4) is 0 Å². The number of hydrogen-bond acceptors (Lipinski definition) is 5. The van der Waals surface area contributed by atoms with Crippen molar-refractivity contribution in [3.63, 3.8) is 0 Å². The van der Waals surface area contributed by atoms with Crippen LogP contribution in [0.2, 0.25) is 0 Å². The number of carbonyl (C=O) groups excluding carboxylic acids is 1. The zero-order valence-electron chi connectivity index (χ0n) is 13.5. The maximum atomic E-state index is 12.3. The molecule has 1 amide bonds.